The van der Waals surface area contributed by atoms with Crippen LogP contribution in [-0.4, -0.2) is 28.9 Å². The van der Waals surface area contributed by atoms with E-state index in [-0.39, 0.29) is 12.1 Å². The molecule has 4 rings (SSSR count). The molecule has 8 heteroatoms. The summed E-state index contributed by atoms with van der Waals surface area (Å²) in [5, 5.41) is 13.6. The Hall–Kier alpha value is -2.45. The van der Waals surface area contributed by atoms with Crippen LogP contribution in [0.3, 0.4) is 0 Å². The van der Waals surface area contributed by atoms with Crippen molar-refractivity contribution < 1.29 is 9.53 Å². The number of hydrogen-bond acceptors (Lipinski definition) is 6. The van der Waals surface area contributed by atoms with Gasteiger partial charge in [0.2, 0.25) is 0 Å². The van der Waals surface area contributed by atoms with Crippen molar-refractivity contribution in [2.75, 3.05) is 18.2 Å². The van der Waals surface area contributed by atoms with E-state index in [0.29, 0.717) is 10.9 Å². The summed E-state index contributed by atoms with van der Waals surface area (Å²) in [5.74, 6) is 1.30. The summed E-state index contributed by atoms with van der Waals surface area (Å²) in [7, 11) is 1.63. The van der Waals surface area contributed by atoms with Gasteiger partial charge in [-0.05, 0) is 24.3 Å². The molecule has 6 nitrogen and oxygen atoms in total. The zero-order valence-corrected chi connectivity index (χ0v) is 17.6. The minimum atomic E-state index is -0.520. The van der Waals surface area contributed by atoms with Crippen LogP contribution >= 0.6 is 27.7 Å². The fraction of sp³-hybridized carbons (Fsp3) is 0.200. The Kier molecular flexibility index (Phi) is 5.32. The summed E-state index contributed by atoms with van der Waals surface area (Å²) in [4.78, 5) is 13.0. The van der Waals surface area contributed by atoms with Crippen molar-refractivity contribution in [1.82, 2.24) is 10.3 Å². The maximum absolute atomic E-state index is 13.0. The van der Waals surface area contributed by atoms with Crippen LogP contribution in [0.4, 0.5) is 5.69 Å². The molecule has 28 heavy (non-hydrogen) atoms. The van der Waals surface area contributed by atoms with E-state index in [1.54, 1.807) is 13.2 Å². The van der Waals surface area contributed by atoms with Crippen LogP contribution in [0.25, 0.3) is 0 Å². The maximum Gasteiger partial charge on any atom is 0.255 e. The van der Waals surface area contributed by atoms with Gasteiger partial charge in [0.15, 0.2) is 11.2 Å². The molecule has 2 aliphatic rings. The first-order valence-electron chi connectivity index (χ1n) is 8.72. The summed E-state index contributed by atoms with van der Waals surface area (Å²) in [5.41, 5.74) is 2.74. The second kappa shape index (κ2) is 7.89. The van der Waals surface area contributed by atoms with Crippen molar-refractivity contribution in [2.24, 2.45) is 5.10 Å². The maximum atomic E-state index is 13.0. The van der Waals surface area contributed by atoms with E-state index < -0.39 is 6.04 Å². The fourth-order valence-electron chi connectivity index (χ4n) is 3.33. The Morgan fingerprint density at radius 1 is 1.32 bits per heavy atom. The molecule has 2 aliphatic heterocycles. The molecule has 0 radical (unpaired) electrons. The molecular formula is C20H19BrN4O2S. The first-order valence-corrected chi connectivity index (χ1v) is 10.5. The molecule has 1 amide bonds. The monoisotopic (exact) mass is 458 g/mol. The van der Waals surface area contributed by atoms with E-state index in [1.807, 2.05) is 47.5 Å². The van der Waals surface area contributed by atoms with Gasteiger partial charge >= 0.3 is 0 Å². The Morgan fingerprint density at radius 3 is 2.93 bits per heavy atom. The van der Waals surface area contributed by atoms with Gasteiger partial charge in [0.05, 0.1) is 7.11 Å². The zero-order chi connectivity index (χ0) is 19.7. The van der Waals surface area contributed by atoms with Gasteiger partial charge in [-0.25, -0.2) is 0 Å². The number of halogens is 1. The average molecular weight is 459 g/mol. The first-order chi connectivity index (χ1) is 13.6. The minimum absolute atomic E-state index is 0.0977. The first kappa shape index (κ1) is 18.9. The van der Waals surface area contributed by atoms with Gasteiger partial charge < -0.3 is 15.4 Å². The highest BCUT2D eigenvalue weighted by atomic mass is 79.9. The molecule has 2 atom stereocenters. The van der Waals surface area contributed by atoms with Crippen molar-refractivity contribution in [1.29, 1.82) is 0 Å². The number of amides is 1. The van der Waals surface area contributed by atoms with Crippen LogP contribution < -0.4 is 15.4 Å². The zero-order valence-electron chi connectivity index (χ0n) is 15.2. The SMILES string of the molecule is C=CCSC1=NN2[C@@H](c3cc(OC)ccc3Br)Nc3ccccc3[C@@H]2C(=O)N1. The number of benzene rings is 2. The van der Waals surface area contributed by atoms with E-state index in [2.05, 4.69) is 33.1 Å². The lowest BCUT2D eigenvalue weighted by Gasteiger charge is -2.44. The highest BCUT2D eigenvalue weighted by Gasteiger charge is 2.42. The number of hydrazone groups is 1. The van der Waals surface area contributed by atoms with Crippen molar-refractivity contribution in [3.05, 3.63) is 70.7 Å². The number of hydrogen-bond donors (Lipinski definition) is 2. The normalized spacial score (nSPS) is 20.3. The molecule has 0 fully saturated rings. The number of nitrogens with one attached hydrogen (secondary N) is 2. The molecule has 0 aliphatic carbocycles. The van der Waals surface area contributed by atoms with Gasteiger partial charge in [-0.3, -0.25) is 9.80 Å². The Morgan fingerprint density at radius 2 is 2.14 bits per heavy atom. The van der Waals surface area contributed by atoms with Gasteiger partial charge in [-0.1, -0.05) is 52.0 Å². The molecule has 2 heterocycles. The van der Waals surface area contributed by atoms with Crippen molar-refractivity contribution in [3.8, 4) is 5.75 Å². The van der Waals surface area contributed by atoms with Crippen LogP contribution in [0.1, 0.15) is 23.3 Å². The summed E-state index contributed by atoms with van der Waals surface area (Å²) >= 11 is 5.08. The number of methoxy groups -OCH3 is 1. The van der Waals surface area contributed by atoms with Gasteiger partial charge in [0.25, 0.3) is 5.91 Å². The number of carbonyl (C=O) groups excluding carboxylic acids is 1. The van der Waals surface area contributed by atoms with Crippen molar-refractivity contribution >= 4 is 44.5 Å². The van der Waals surface area contributed by atoms with E-state index in [4.69, 9.17) is 9.84 Å². The Labute approximate surface area is 176 Å². The predicted octanol–water partition coefficient (Wildman–Crippen LogP) is 4.25. The molecule has 144 valence electrons. The lowest BCUT2D eigenvalue weighted by atomic mass is 9.97. The third kappa shape index (κ3) is 3.38. The number of anilines is 1. The van der Waals surface area contributed by atoms with Crippen LogP contribution in [0, 0.1) is 0 Å². The minimum Gasteiger partial charge on any atom is -0.497 e. The average Bonchev–Trinajstić information content (AvgIpc) is 2.72. The number of carbonyl (C=O) groups is 1. The van der Waals surface area contributed by atoms with Gasteiger partial charge in [0, 0.05) is 27.0 Å². The lowest BCUT2D eigenvalue weighted by molar-refractivity contribution is -0.127. The molecule has 2 N–H and O–H groups in total. The van der Waals surface area contributed by atoms with E-state index in [1.165, 1.54) is 11.8 Å². The molecule has 0 unspecified atom stereocenters. The van der Waals surface area contributed by atoms with E-state index in [9.17, 15) is 4.79 Å². The number of para-hydroxylation sites is 1. The van der Waals surface area contributed by atoms with Crippen molar-refractivity contribution in [3.63, 3.8) is 0 Å². The van der Waals surface area contributed by atoms with Gasteiger partial charge in [-0.2, -0.15) is 0 Å². The second-order valence-electron chi connectivity index (χ2n) is 6.30. The summed E-state index contributed by atoms with van der Waals surface area (Å²) in [6.07, 6.45) is 1.44. The lowest BCUT2D eigenvalue weighted by Crippen LogP contribution is -2.51. The van der Waals surface area contributed by atoms with E-state index >= 15 is 0 Å². The molecule has 0 aromatic heterocycles. The topological polar surface area (TPSA) is 66.0 Å². The summed E-state index contributed by atoms with van der Waals surface area (Å²) in [6.45, 7) is 3.73. The number of thioether (sulfide) groups is 1. The van der Waals surface area contributed by atoms with Crippen LogP contribution in [-0.2, 0) is 4.79 Å². The van der Waals surface area contributed by atoms with Crippen LogP contribution in [0.15, 0.2) is 64.7 Å². The molecule has 2 aromatic rings. The highest BCUT2D eigenvalue weighted by Crippen LogP contribution is 2.44. The number of fused-ring (bicyclic) bond motifs is 3. The second-order valence-corrected chi connectivity index (χ2v) is 8.16. The van der Waals surface area contributed by atoms with Crippen LogP contribution in [0.2, 0.25) is 0 Å². The molecule has 0 saturated carbocycles. The Balaban J connectivity index is 1.84. The third-order valence-electron chi connectivity index (χ3n) is 4.60. The summed E-state index contributed by atoms with van der Waals surface area (Å²) in [6, 6.07) is 13.1. The third-order valence-corrected chi connectivity index (χ3v) is 6.18. The largest absolute Gasteiger partial charge is 0.497 e. The molecular weight excluding hydrogens is 440 g/mol. The molecule has 0 saturated heterocycles. The smallest absolute Gasteiger partial charge is 0.255 e. The van der Waals surface area contributed by atoms with Crippen molar-refractivity contribution in [2.45, 2.75) is 12.2 Å². The van der Waals surface area contributed by atoms with Gasteiger partial charge in [0.1, 0.15) is 11.9 Å². The van der Waals surface area contributed by atoms with E-state index in [0.717, 1.165) is 27.0 Å². The van der Waals surface area contributed by atoms with Gasteiger partial charge in [-0.15, -0.1) is 11.7 Å². The fourth-order valence-corrected chi connectivity index (χ4v) is 4.40. The molecule has 0 spiro atoms. The standard InChI is InChI=1S/C20H19BrN4O2S/c1-3-10-28-20-23-19(26)17-13-6-4-5-7-16(13)22-18(25(17)24-20)14-11-12(27-2)8-9-15(14)21/h3-9,11,17-18,22H,1,10H2,2H3,(H,23,24,26)/t17-,18+/m1/s1. The number of nitrogens with zero attached hydrogens (tertiary/aromatic N) is 2. The molecule has 2 aromatic carbocycles. The quantitative estimate of drug-likeness (QED) is 0.670. The van der Waals surface area contributed by atoms with Crippen LogP contribution in [0.5, 0.6) is 5.75 Å². The summed E-state index contributed by atoms with van der Waals surface area (Å²) < 4.78 is 6.31. The number of amidine groups is 1. The number of rotatable bonds is 4. The Bertz CT molecular complexity index is 965. The predicted molar refractivity (Wildman–Crippen MR) is 116 cm³/mol. The molecule has 0 bridgehead atoms. The highest BCUT2D eigenvalue weighted by molar-refractivity contribution is 9.10. The number of ether oxygens (including phenoxy) is 1.